The van der Waals surface area contributed by atoms with Crippen molar-refractivity contribution in [2.24, 2.45) is 0 Å². The van der Waals surface area contributed by atoms with Crippen molar-refractivity contribution in [2.75, 3.05) is 20.1 Å². The average molecular weight is 583 g/mol. The van der Waals surface area contributed by atoms with Gasteiger partial charge in [-0.15, -0.1) is 0 Å². The number of ketones is 1. The van der Waals surface area contributed by atoms with Gasteiger partial charge in [0, 0.05) is 41.2 Å². The second-order valence-electron chi connectivity index (χ2n) is 10.4. The predicted octanol–water partition coefficient (Wildman–Crippen LogP) is 5.40. The third-order valence-electron chi connectivity index (χ3n) is 7.26. The number of aromatic nitrogens is 3. The van der Waals surface area contributed by atoms with Crippen molar-refractivity contribution < 1.29 is 26.4 Å². The first-order chi connectivity index (χ1) is 19.5. The van der Waals surface area contributed by atoms with E-state index < -0.39 is 37.9 Å². The summed E-state index contributed by atoms with van der Waals surface area (Å²) in [5.74, 6) is -3.76. The number of hydrogen-bond acceptors (Lipinski definition) is 6. The van der Waals surface area contributed by atoms with Crippen LogP contribution in [0.2, 0.25) is 0 Å². The van der Waals surface area contributed by atoms with Crippen molar-refractivity contribution in [1.29, 1.82) is 0 Å². The van der Waals surface area contributed by atoms with Crippen LogP contribution in [0.4, 0.5) is 13.2 Å². The molecule has 1 aliphatic rings. The summed E-state index contributed by atoms with van der Waals surface area (Å²) in [6.45, 7) is 3.24. The molecule has 0 aliphatic carbocycles. The van der Waals surface area contributed by atoms with Gasteiger partial charge in [0.2, 0.25) is 0 Å². The van der Waals surface area contributed by atoms with E-state index in [-0.39, 0.29) is 29.4 Å². The highest BCUT2D eigenvalue weighted by atomic mass is 32.2. The van der Waals surface area contributed by atoms with Gasteiger partial charge in [-0.05, 0) is 81.9 Å². The van der Waals surface area contributed by atoms with E-state index in [1.807, 2.05) is 17.9 Å². The highest BCUT2D eigenvalue weighted by molar-refractivity contribution is 7.90. The lowest BCUT2D eigenvalue weighted by Crippen LogP contribution is -2.31. The fourth-order valence-corrected chi connectivity index (χ4v) is 6.56. The Bertz CT molecular complexity index is 1710. The van der Waals surface area contributed by atoms with Gasteiger partial charge < -0.3 is 4.90 Å². The Hall–Kier alpha value is -3.83. The molecule has 0 amide bonds. The fourth-order valence-electron chi connectivity index (χ4n) is 5.12. The van der Waals surface area contributed by atoms with Crippen LogP contribution in [-0.4, -0.2) is 54.0 Å². The van der Waals surface area contributed by atoms with Crippen molar-refractivity contribution >= 4 is 15.6 Å². The maximum absolute atomic E-state index is 16.1. The van der Waals surface area contributed by atoms with Crippen molar-refractivity contribution in [3.05, 3.63) is 89.6 Å². The monoisotopic (exact) mass is 582 g/mol. The van der Waals surface area contributed by atoms with Crippen LogP contribution in [0.5, 0.6) is 0 Å². The zero-order valence-electron chi connectivity index (χ0n) is 22.6. The number of rotatable bonds is 8. The number of nitrogens with zero attached hydrogens (tertiary/aromatic N) is 4. The number of carbonyl (C=O) groups excluding carboxylic acids is 1. The lowest BCUT2D eigenvalue weighted by atomic mass is 9.99. The summed E-state index contributed by atoms with van der Waals surface area (Å²) in [6, 6.07) is 10.1. The highest BCUT2D eigenvalue weighted by Gasteiger charge is 2.27. The molecule has 2 aromatic heterocycles. The smallest absolute Gasteiger partial charge is 0.185 e. The van der Waals surface area contributed by atoms with Crippen molar-refractivity contribution in [3.8, 4) is 22.4 Å². The number of pyridine rings is 1. The predicted molar refractivity (Wildman–Crippen MR) is 148 cm³/mol. The summed E-state index contributed by atoms with van der Waals surface area (Å²) >= 11 is 0. The topological polar surface area (TPSA) is 85.2 Å². The van der Waals surface area contributed by atoms with Crippen LogP contribution in [0.1, 0.15) is 37.1 Å². The highest BCUT2D eigenvalue weighted by Crippen LogP contribution is 2.36. The van der Waals surface area contributed by atoms with Gasteiger partial charge in [-0.2, -0.15) is 5.10 Å². The molecule has 0 radical (unpaired) electrons. The Balaban J connectivity index is 1.59. The first kappa shape index (κ1) is 28.7. The normalized spacial score (nSPS) is 14.9. The van der Waals surface area contributed by atoms with E-state index in [2.05, 4.69) is 9.88 Å². The number of Topliss-reactive ketones (excluding diaryl/α,β-unsaturated/α-hetero) is 1. The number of benzene rings is 2. The molecule has 2 aromatic carbocycles. The molecule has 0 saturated carbocycles. The zero-order valence-corrected chi connectivity index (χ0v) is 23.5. The molecule has 0 N–H and O–H groups in total. The molecule has 0 bridgehead atoms. The van der Waals surface area contributed by atoms with Gasteiger partial charge in [0.05, 0.1) is 11.8 Å². The summed E-state index contributed by atoms with van der Waals surface area (Å²) in [5, 5.41) is 4.79. The molecule has 0 atom stereocenters. The van der Waals surface area contributed by atoms with Crippen LogP contribution < -0.4 is 0 Å². The summed E-state index contributed by atoms with van der Waals surface area (Å²) in [6.07, 6.45) is 5.27. The van der Waals surface area contributed by atoms with Crippen LogP contribution in [0.3, 0.4) is 0 Å². The third-order valence-corrected chi connectivity index (χ3v) is 8.93. The lowest BCUT2D eigenvalue weighted by Gasteiger charge is -2.29. The van der Waals surface area contributed by atoms with Gasteiger partial charge in [0.25, 0.3) is 0 Å². The number of hydrogen-bond donors (Lipinski definition) is 0. The van der Waals surface area contributed by atoms with E-state index in [0.717, 1.165) is 38.1 Å². The van der Waals surface area contributed by atoms with Crippen LogP contribution in [-0.2, 0) is 26.8 Å². The minimum Gasteiger partial charge on any atom is -0.306 e. The van der Waals surface area contributed by atoms with Gasteiger partial charge in [0.15, 0.2) is 9.84 Å². The Labute approximate surface area is 236 Å². The molecule has 0 spiro atoms. The molecule has 5 rings (SSSR count). The zero-order chi connectivity index (χ0) is 29.3. The molecular weight excluding hydrogens is 553 g/mol. The molecular formula is C30H29F3N4O3S. The van der Waals surface area contributed by atoms with Crippen molar-refractivity contribution in [2.45, 2.75) is 42.9 Å². The minimum absolute atomic E-state index is 0.0495. The van der Waals surface area contributed by atoms with Gasteiger partial charge in [-0.25, -0.2) is 21.6 Å². The standard InChI is InChI=1S/C30H29F3N4O3S/c1-19(38)14-23-15-20(8-11-34-23)26-17-37(24-9-12-36(2)13-10-24)35-30(26)25-5-3-4-21(29(25)33)18-41(39,40)28-16-22(31)6-7-27(28)32/h3-8,11,15-17,24H,9-10,12-14,18H2,1-2H3. The van der Waals surface area contributed by atoms with E-state index in [1.165, 1.54) is 25.1 Å². The molecule has 214 valence electrons. The first-order valence-electron chi connectivity index (χ1n) is 13.2. The lowest BCUT2D eigenvalue weighted by molar-refractivity contribution is -0.116. The van der Waals surface area contributed by atoms with E-state index in [0.29, 0.717) is 28.6 Å². The molecule has 4 aromatic rings. The van der Waals surface area contributed by atoms with Crippen LogP contribution in [0.15, 0.2) is 65.8 Å². The van der Waals surface area contributed by atoms with E-state index in [4.69, 9.17) is 5.10 Å². The Kier molecular flexibility index (Phi) is 8.10. The van der Waals surface area contributed by atoms with Gasteiger partial charge in [-0.3, -0.25) is 14.5 Å². The van der Waals surface area contributed by atoms with E-state index in [9.17, 15) is 22.0 Å². The van der Waals surface area contributed by atoms with Gasteiger partial charge in [0.1, 0.15) is 33.8 Å². The average Bonchev–Trinajstić information content (AvgIpc) is 3.36. The number of sulfone groups is 1. The van der Waals surface area contributed by atoms with Crippen LogP contribution in [0.25, 0.3) is 22.4 Å². The molecule has 11 heteroatoms. The molecule has 3 heterocycles. The fraction of sp³-hybridized carbons (Fsp3) is 0.300. The third kappa shape index (κ3) is 6.25. The summed E-state index contributed by atoms with van der Waals surface area (Å²) in [4.78, 5) is 17.4. The Morgan fingerprint density at radius 3 is 2.51 bits per heavy atom. The van der Waals surface area contributed by atoms with Gasteiger partial charge in [-0.1, -0.05) is 12.1 Å². The van der Waals surface area contributed by atoms with Gasteiger partial charge >= 0.3 is 0 Å². The molecule has 41 heavy (non-hydrogen) atoms. The quantitative estimate of drug-likeness (QED) is 0.277. The number of carbonyl (C=O) groups is 1. The molecule has 1 fully saturated rings. The van der Waals surface area contributed by atoms with E-state index >= 15 is 4.39 Å². The molecule has 1 aliphatic heterocycles. The Morgan fingerprint density at radius 2 is 1.78 bits per heavy atom. The largest absolute Gasteiger partial charge is 0.306 e. The molecule has 0 unspecified atom stereocenters. The Morgan fingerprint density at radius 1 is 1.02 bits per heavy atom. The second kappa shape index (κ2) is 11.6. The second-order valence-corrected chi connectivity index (χ2v) is 12.4. The molecule has 1 saturated heterocycles. The van der Waals surface area contributed by atoms with Crippen molar-refractivity contribution in [1.82, 2.24) is 19.7 Å². The first-order valence-corrected chi connectivity index (χ1v) is 14.8. The SMILES string of the molecule is CC(=O)Cc1cc(-c2cn(C3CCN(C)CC3)nc2-c2cccc(CS(=O)(=O)c3cc(F)ccc3F)c2F)ccn1. The number of piperidine rings is 1. The van der Waals surface area contributed by atoms with Crippen molar-refractivity contribution in [3.63, 3.8) is 0 Å². The van der Waals surface area contributed by atoms with Crippen LogP contribution >= 0.6 is 0 Å². The van der Waals surface area contributed by atoms with E-state index in [1.54, 1.807) is 18.3 Å². The van der Waals surface area contributed by atoms with Crippen LogP contribution in [0, 0.1) is 17.5 Å². The molecule has 7 nitrogen and oxygen atoms in total. The maximum Gasteiger partial charge on any atom is 0.185 e. The maximum atomic E-state index is 16.1. The minimum atomic E-state index is -4.41. The number of likely N-dealkylation sites (tertiary alicyclic amines) is 1. The summed E-state index contributed by atoms with van der Waals surface area (Å²) < 4.78 is 71.9. The number of halogens is 3. The summed E-state index contributed by atoms with van der Waals surface area (Å²) in [7, 11) is -2.36. The summed E-state index contributed by atoms with van der Waals surface area (Å²) in [5.41, 5.74) is 2.03.